The zero-order valence-electron chi connectivity index (χ0n) is 24.1. The van der Waals surface area contributed by atoms with Gasteiger partial charge in [0, 0.05) is 0 Å². The third kappa shape index (κ3) is 9.13. The van der Waals surface area contributed by atoms with Gasteiger partial charge in [0.05, 0.1) is 0 Å². The van der Waals surface area contributed by atoms with Crippen molar-refractivity contribution in [2.24, 2.45) is 0 Å². The summed E-state index contributed by atoms with van der Waals surface area (Å²) in [6.07, 6.45) is 0. The van der Waals surface area contributed by atoms with E-state index in [1.807, 2.05) is 33.7 Å². The number of sulfonamides is 2. The number of carbonyl (C=O) groups is 4. The van der Waals surface area contributed by atoms with E-state index < -0.39 is 31.9 Å². The Balaban J connectivity index is 1.44. The molecule has 0 fully saturated rings. The number of amides is 4. The first kappa shape index (κ1) is 34.6. The van der Waals surface area contributed by atoms with E-state index in [0.717, 1.165) is 22.8 Å². The number of benzene rings is 4. The fourth-order valence-corrected chi connectivity index (χ4v) is 13.0. The van der Waals surface area contributed by atoms with E-state index in [2.05, 4.69) is 10.6 Å². The number of hydrogen-bond donors (Lipinski definition) is 4. The van der Waals surface area contributed by atoms with E-state index in [1.54, 1.807) is 24.3 Å². The summed E-state index contributed by atoms with van der Waals surface area (Å²) < 4.78 is 54.1. The zero-order valence-corrected chi connectivity index (χ0v) is 29.2. The van der Waals surface area contributed by atoms with E-state index >= 15 is 0 Å². The molecule has 0 aromatic heterocycles. The first-order chi connectivity index (χ1) is 21.7. The first-order valence-electron chi connectivity index (χ1n) is 13.2. The Morgan fingerprint density at radius 2 is 0.826 bits per heavy atom. The van der Waals surface area contributed by atoms with Gasteiger partial charge in [0.15, 0.2) is 0 Å². The summed E-state index contributed by atoms with van der Waals surface area (Å²) in [4.78, 5) is 48.5. The van der Waals surface area contributed by atoms with Gasteiger partial charge in [0.2, 0.25) is 0 Å². The molecule has 0 saturated carbocycles. The molecular formula is C30H26N4O8S2Se2. The maximum absolute atomic E-state index is 13.2. The van der Waals surface area contributed by atoms with E-state index in [9.17, 15) is 36.0 Å². The molecule has 4 amide bonds. The van der Waals surface area contributed by atoms with Gasteiger partial charge < -0.3 is 0 Å². The summed E-state index contributed by atoms with van der Waals surface area (Å²) in [6, 6.07) is 25.0. The minimum atomic E-state index is -4.01. The van der Waals surface area contributed by atoms with Crippen LogP contribution in [0.1, 0.15) is 34.6 Å². The molecule has 0 unspecified atom stereocenters. The Bertz CT molecular complexity index is 1870. The summed E-state index contributed by atoms with van der Waals surface area (Å²) in [6.45, 7) is 2.19. The van der Waals surface area contributed by atoms with Crippen molar-refractivity contribution in [3.8, 4) is 0 Å². The van der Waals surface area contributed by atoms with Crippen molar-refractivity contribution in [2.75, 3.05) is 10.6 Å². The standard InChI is InChI=1S/C30H26N4O8S2Se2/c1-19(35)33-43(39,40)23-15-11-21(12-16-23)31-29(37)25-7-3-5-9-27(25)45-46-28-10-6-4-8-26(28)30(38)32-22-13-17-24(18-14-22)44(41,42)34-20(2)36/h3-18H,1-2H3,(H,31,37)(H,32,38)(H,33,35)(H,34,36). The molecule has 12 nitrogen and oxygen atoms in total. The van der Waals surface area contributed by atoms with Gasteiger partial charge in [-0.25, -0.2) is 0 Å². The molecule has 16 heteroatoms. The third-order valence-electron chi connectivity index (χ3n) is 5.89. The van der Waals surface area contributed by atoms with Gasteiger partial charge in [-0.3, -0.25) is 0 Å². The summed E-state index contributed by atoms with van der Waals surface area (Å²) in [5.41, 5.74) is 1.61. The summed E-state index contributed by atoms with van der Waals surface area (Å²) in [7, 11) is -8.01. The number of rotatable bonds is 11. The molecule has 0 saturated heterocycles. The zero-order chi connectivity index (χ0) is 33.5. The van der Waals surface area contributed by atoms with E-state index in [4.69, 9.17) is 0 Å². The molecule has 0 spiro atoms. The molecule has 0 aliphatic rings. The second-order valence-electron chi connectivity index (χ2n) is 9.44. The third-order valence-corrected chi connectivity index (χ3v) is 16.0. The van der Waals surface area contributed by atoms with Crippen molar-refractivity contribution < 1.29 is 36.0 Å². The number of anilines is 2. The monoisotopic (exact) mass is 794 g/mol. The molecule has 0 bridgehead atoms. The molecule has 4 rings (SSSR count). The maximum atomic E-state index is 13.2. The molecule has 0 radical (unpaired) electrons. The average Bonchev–Trinajstić information content (AvgIpc) is 2.99. The molecule has 4 aromatic carbocycles. The van der Waals surface area contributed by atoms with Gasteiger partial charge in [-0.1, -0.05) is 0 Å². The Labute approximate surface area is 276 Å². The van der Waals surface area contributed by atoms with Gasteiger partial charge in [-0.15, -0.1) is 0 Å². The predicted molar refractivity (Wildman–Crippen MR) is 174 cm³/mol. The Morgan fingerprint density at radius 3 is 1.15 bits per heavy atom. The minimum absolute atomic E-state index is 0.123. The molecule has 0 heterocycles. The van der Waals surface area contributed by atoms with Crippen LogP contribution in [0.4, 0.5) is 11.4 Å². The van der Waals surface area contributed by atoms with Crippen molar-refractivity contribution in [3.05, 3.63) is 108 Å². The SMILES string of the molecule is CC(=O)NS(=O)(=O)c1ccc(NC(=O)c2ccccc2[Se][Se]c2ccccc2C(=O)Nc2ccc(S(=O)(=O)NC(C)=O)cc2)cc1. The summed E-state index contributed by atoms with van der Waals surface area (Å²) in [5.74, 6) is -2.21. The number of hydrogen-bond acceptors (Lipinski definition) is 8. The molecule has 4 aromatic rings. The average molecular weight is 793 g/mol. The first-order valence-corrected chi connectivity index (χ1v) is 22.2. The van der Waals surface area contributed by atoms with E-state index in [1.165, 1.54) is 48.5 Å². The van der Waals surface area contributed by atoms with Crippen molar-refractivity contribution in [1.82, 2.24) is 9.44 Å². The molecule has 46 heavy (non-hydrogen) atoms. The van der Waals surface area contributed by atoms with Crippen LogP contribution in [0.2, 0.25) is 0 Å². The van der Waals surface area contributed by atoms with Gasteiger partial charge in [-0.05, 0) is 0 Å². The van der Waals surface area contributed by atoms with Crippen LogP contribution in [-0.2, 0) is 29.6 Å². The molecule has 238 valence electrons. The molecule has 0 aliphatic carbocycles. The summed E-state index contributed by atoms with van der Waals surface area (Å²) in [5, 5.41) is 5.54. The second-order valence-corrected chi connectivity index (χ2v) is 19.0. The molecule has 0 aliphatic heterocycles. The Morgan fingerprint density at radius 1 is 0.500 bits per heavy atom. The second kappa shape index (κ2) is 14.9. The normalized spacial score (nSPS) is 11.3. The van der Waals surface area contributed by atoms with Crippen LogP contribution in [0.15, 0.2) is 107 Å². The Hall–Kier alpha value is -4.30. The van der Waals surface area contributed by atoms with Crippen LogP contribution in [0, 0.1) is 0 Å². The topological polar surface area (TPSA) is 185 Å². The quantitative estimate of drug-likeness (QED) is 0.163. The number of carbonyl (C=O) groups excluding carboxylic acids is 4. The molecule has 0 atom stereocenters. The molecule has 4 N–H and O–H groups in total. The van der Waals surface area contributed by atoms with Gasteiger partial charge >= 0.3 is 278 Å². The number of nitrogens with one attached hydrogen (secondary N) is 4. The van der Waals surface area contributed by atoms with E-state index in [-0.39, 0.29) is 47.9 Å². The molecular weight excluding hydrogens is 766 g/mol. The van der Waals surface area contributed by atoms with Crippen LogP contribution >= 0.6 is 0 Å². The summed E-state index contributed by atoms with van der Waals surface area (Å²) >= 11 is -0.430. The van der Waals surface area contributed by atoms with Gasteiger partial charge in [0.1, 0.15) is 0 Å². The van der Waals surface area contributed by atoms with Crippen LogP contribution < -0.4 is 29.0 Å². The van der Waals surface area contributed by atoms with Crippen LogP contribution in [0.5, 0.6) is 0 Å². The van der Waals surface area contributed by atoms with Crippen molar-refractivity contribution in [3.63, 3.8) is 0 Å². The van der Waals surface area contributed by atoms with Crippen molar-refractivity contribution >= 4 is 90.2 Å². The van der Waals surface area contributed by atoms with Gasteiger partial charge in [-0.2, -0.15) is 0 Å². The fourth-order valence-electron chi connectivity index (χ4n) is 3.87. The van der Waals surface area contributed by atoms with E-state index in [0.29, 0.717) is 22.5 Å². The van der Waals surface area contributed by atoms with Crippen LogP contribution in [0.25, 0.3) is 0 Å². The van der Waals surface area contributed by atoms with Crippen molar-refractivity contribution in [2.45, 2.75) is 23.6 Å². The van der Waals surface area contributed by atoms with Crippen molar-refractivity contribution in [1.29, 1.82) is 0 Å². The predicted octanol–water partition coefficient (Wildman–Crippen LogP) is 1.12. The van der Waals surface area contributed by atoms with Gasteiger partial charge in [0.25, 0.3) is 0 Å². The Kier molecular flexibility index (Phi) is 11.2. The van der Waals surface area contributed by atoms with Crippen LogP contribution in [-0.4, -0.2) is 66.7 Å². The van der Waals surface area contributed by atoms with Crippen LogP contribution in [0.3, 0.4) is 0 Å². The fraction of sp³-hybridized carbons (Fsp3) is 0.0667.